The number of piperazine rings is 1. The summed E-state index contributed by atoms with van der Waals surface area (Å²) in [6.07, 6.45) is 1.71. The third-order valence-corrected chi connectivity index (χ3v) is 6.24. The number of amides is 1. The first kappa shape index (κ1) is 17.8. The number of hydrogen-bond donors (Lipinski definition) is 0. The van der Waals surface area contributed by atoms with Crippen LogP contribution in [0.15, 0.2) is 18.3 Å². The quantitative estimate of drug-likeness (QED) is 0.694. The van der Waals surface area contributed by atoms with Gasteiger partial charge in [0.25, 0.3) is 5.91 Å². The number of hydrogen-bond acceptors (Lipinski definition) is 6. The summed E-state index contributed by atoms with van der Waals surface area (Å²) in [5.74, 6) is 0.345. The van der Waals surface area contributed by atoms with Crippen molar-refractivity contribution in [2.75, 3.05) is 38.2 Å². The number of methoxy groups -OCH3 is 1. The minimum absolute atomic E-state index is 0.0319. The molecule has 27 heavy (non-hydrogen) atoms. The van der Waals surface area contributed by atoms with Crippen molar-refractivity contribution >= 4 is 32.6 Å². The lowest BCUT2D eigenvalue weighted by molar-refractivity contribution is 0.0743. The molecule has 1 fully saturated rings. The van der Waals surface area contributed by atoms with Crippen molar-refractivity contribution in [1.82, 2.24) is 19.7 Å². The van der Waals surface area contributed by atoms with Crippen LogP contribution in [0.5, 0.6) is 5.88 Å². The second-order valence-electron chi connectivity index (χ2n) is 6.88. The van der Waals surface area contributed by atoms with E-state index in [9.17, 15) is 4.79 Å². The zero-order valence-electron chi connectivity index (χ0n) is 16.0. The van der Waals surface area contributed by atoms with Crippen LogP contribution in [-0.2, 0) is 7.05 Å². The molecule has 0 N–H and O–H groups in total. The van der Waals surface area contributed by atoms with Crippen LogP contribution >= 0.6 is 11.3 Å². The van der Waals surface area contributed by atoms with Gasteiger partial charge in [-0.3, -0.25) is 9.48 Å². The smallest absolute Gasteiger partial charge is 0.261 e. The zero-order valence-corrected chi connectivity index (χ0v) is 16.8. The van der Waals surface area contributed by atoms with E-state index in [0.717, 1.165) is 23.7 Å². The maximum atomic E-state index is 12.8. The number of thiazole rings is 1. The highest BCUT2D eigenvalue weighted by Gasteiger charge is 2.27. The molecule has 2 aromatic heterocycles. The number of fused-ring (bicyclic) bond motifs is 1. The molecule has 0 radical (unpaired) electrons. The van der Waals surface area contributed by atoms with Crippen molar-refractivity contribution < 1.29 is 9.53 Å². The van der Waals surface area contributed by atoms with E-state index >= 15 is 0 Å². The average molecular weight is 385 g/mol. The van der Waals surface area contributed by atoms with Gasteiger partial charge < -0.3 is 14.5 Å². The summed E-state index contributed by atoms with van der Waals surface area (Å²) < 4.78 is 8.09. The molecule has 0 atom stereocenters. The summed E-state index contributed by atoms with van der Waals surface area (Å²) in [6, 6.07) is 4.27. The van der Waals surface area contributed by atoms with Crippen LogP contribution in [0.25, 0.3) is 10.2 Å². The minimum atomic E-state index is -0.0319. The molecule has 4 rings (SSSR count). The van der Waals surface area contributed by atoms with Crippen LogP contribution in [-0.4, -0.2) is 58.9 Å². The lowest BCUT2D eigenvalue weighted by Crippen LogP contribution is -2.48. The Morgan fingerprint density at radius 2 is 1.85 bits per heavy atom. The van der Waals surface area contributed by atoms with Crippen LogP contribution in [0.3, 0.4) is 0 Å². The Morgan fingerprint density at radius 3 is 2.52 bits per heavy atom. The zero-order chi connectivity index (χ0) is 19.1. The van der Waals surface area contributed by atoms with Gasteiger partial charge in [-0.25, -0.2) is 4.98 Å². The van der Waals surface area contributed by atoms with E-state index in [1.165, 1.54) is 22.9 Å². The molecule has 8 heteroatoms. The molecule has 0 spiro atoms. The molecular formula is C19H23N5O2S. The summed E-state index contributed by atoms with van der Waals surface area (Å²) in [6.45, 7) is 7.08. The Morgan fingerprint density at radius 1 is 1.15 bits per heavy atom. The number of anilines is 1. The third kappa shape index (κ3) is 3.14. The molecular weight excluding hydrogens is 362 g/mol. The average Bonchev–Trinajstić information content (AvgIpc) is 3.29. The number of rotatable bonds is 3. The number of nitrogens with zero attached hydrogens (tertiary/aromatic N) is 5. The van der Waals surface area contributed by atoms with Gasteiger partial charge >= 0.3 is 0 Å². The number of carbonyl (C=O) groups excluding carboxylic acids is 1. The van der Waals surface area contributed by atoms with Crippen LogP contribution in [0, 0.1) is 13.8 Å². The molecule has 0 unspecified atom stereocenters. The van der Waals surface area contributed by atoms with Crippen molar-refractivity contribution in [3.05, 3.63) is 35.0 Å². The topological polar surface area (TPSA) is 63.5 Å². The fourth-order valence-electron chi connectivity index (χ4n) is 3.42. The Balaban J connectivity index is 1.50. The van der Waals surface area contributed by atoms with Gasteiger partial charge in [-0.2, -0.15) is 0 Å². The lowest BCUT2D eigenvalue weighted by Gasteiger charge is -2.34. The van der Waals surface area contributed by atoms with E-state index < -0.39 is 0 Å². The largest absolute Gasteiger partial charge is 0.479 e. The van der Waals surface area contributed by atoms with E-state index in [-0.39, 0.29) is 5.91 Å². The summed E-state index contributed by atoms with van der Waals surface area (Å²) in [7, 11) is 3.32. The van der Waals surface area contributed by atoms with Gasteiger partial charge in [-0.1, -0.05) is 23.5 Å². The molecule has 142 valence electrons. The van der Waals surface area contributed by atoms with Gasteiger partial charge in [-0.05, 0) is 25.0 Å². The molecule has 1 saturated heterocycles. The fraction of sp³-hybridized carbons (Fsp3) is 0.421. The Kier molecular flexibility index (Phi) is 4.51. The van der Waals surface area contributed by atoms with Gasteiger partial charge in [0.1, 0.15) is 5.56 Å². The summed E-state index contributed by atoms with van der Waals surface area (Å²) in [5.41, 5.74) is 4.07. The Labute approximate surface area is 162 Å². The van der Waals surface area contributed by atoms with E-state index in [2.05, 4.69) is 36.0 Å². The molecule has 1 aliphatic heterocycles. The van der Waals surface area contributed by atoms with Gasteiger partial charge in [0.2, 0.25) is 5.88 Å². The van der Waals surface area contributed by atoms with E-state index in [1.54, 1.807) is 29.3 Å². The number of benzene rings is 1. The van der Waals surface area contributed by atoms with Crippen molar-refractivity contribution in [1.29, 1.82) is 0 Å². The minimum Gasteiger partial charge on any atom is -0.479 e. The van der Waals surface area contributed by atoms with Gasteiger partial charge in [0.15, 0.2) is 5.13 Å². The second kappa shape index (κ2) is 6.84. The number of carbonyl (C=O) groups is 1. The lowest BCUT2D eigenvalue weighted by atomic mass is 10.1. The predicted molar refractivity (Wildman–Crippen MR) is 107 cm³/mol. The molecule has 1 amide bonds. The summed E-state index contributed by atoms with van der Waals surface area (Å²) in [4.78, 5) is 21.8. The Hall–Kier alpha value is -2.61. The second-order valence-corrected chi connectivity index (χ2v) is 7.86. The highest BCUT2D eigenvalue weighted by Crippen LogP contribution is 2.33. The molecule has 0 aliphatic carbocycles. The number of ether oxygens (including phenoxy) is 1. The van der Waals surface area contributed by atoms with Crippen LogP contribution in [0.4, 0.5) is 5.13 Å². The Bertz CT molecular complexity index is 962. The molecule has 0 bridgehead atoms. The number of aryl methyl sites for hydroxylation is 3. The first-order valence-corrected chi connectivity index (χ1v) is 9.78. The van der Waals surface area contributed by atoms with Crippen LogP contribution in [0.2, 0.25) is 0 Å². The fourth-order valence-corrected chi connectivity index (χ4v) is 4.58. The summed E-state index contributed by atoms with van der Waals surface area (Å²) in [5, 5.41) is 5.21. The highest BCUT2D eigenvalue weighted by molar-refractivity contribution is 7.22. The van der Waals surface area contributed by atoms with Gasteiger partial charge in [-0.15, -0.1) is 5.10 Å². The molecule has 3 heterocycles. The first-order chi connectivity index (χ1) is 13.0. The standard InChI is InChI=1S/C19H23N5O2S/c1-12-5-6-13(2)16-15(12)20-19(27-16)24-9-7-23(8-10-24)18(25)14-11-22(3)21-17(14)26-4/h5-6,11H,7-10H2,1-4H3. The maximum Gasteiger partial charge on any atom is 0.261 e. The molecule has 1 aromatic carbocycles. The maximum absolute atomic E-state index is 12.8. The van der Waals surface area contributed by atoms with Crippen molar-refractivity contribution in [2.24, 2.45) is 7.05 Å². The van der Waals surface area contributed by atoms with Crippen LogP contribution < -0.4 is 9.64 Å². The van der Waals surface area contributed by atoms with Crippen molar-refractivity contribution in [3.8, 4) is 5.88 Å². The summed E-state index contributed by atoms with van der Waals surface area (Å²) >= 11 is 1.74. The third-order valence-electron chi connectivity index (χ3n) is 4.99. The highest BCUT2D eigenvalue weighted by atomic mass is 32.1. The van der Waals surface area contributed by atoms with Crippen molar-refractivity contribution in [3.63, 3.8) is 0 Å². The molecule has 0 saturated carbocycles. The number of aromatic nitrogens is 3. The van der Waals surface area contributed by atoms with Crippen molar-refractivity contribution in [2.45, 2.75) is 13.8 Å². The van der Waals surface area contributed by atoms with E-state index in [4.69, 9.17) is 9.72 Å². The normalized spacial score (nSPS) is 14.8. The van der Waals surface area contributed by atoms with Crippen LogP contribution in [0.1, 0.15) is 21.5 Å². The monoisotopic (exact) mass is 385 g/mol. The van der Waals surface area contributed by atoms with Gasteiger partial charge in [0, 0.05) is 39.4 Å². The van der Waals surface area contributed by atoms with E-state index in [0.29, 0.717) is 24.5 Å². The molecule has 1 aliphatic rings. The van der Waals surface area contributed by atoms with Gasteiger partial charge in [0.05, 0.1) is 17.3 Å². The predicted octanol–water partition coefficient (Wildman–Crippen LogP) is 2.62. The molecule has 3 aromatic rings. The molecule has 7 nitrogen and oxygen atoms in total. The first-order valence-electron chi connectivity index (χ1n) is 8.96. The SMILES string of the molecule is COc1nn(C)cc1C(=O)N1CCN(c2nc3c(C)ccc(C)c3s2)CC1. The van der Waals surface area contributed by atoms with E-state index in [1.807, 2.05) is 4.90 Å².